The van der Waals surface area contributed by atoms with Crippen molar-refractivity contribution in [3.8, 4) is 0 Å². The van der Waals surface area contributed by atoms with Gasteiger partial charge in [0.05, 0.1) is 0 Å². The van der Waals surface area contributed by atoms with E-state index in [-0.39, 0.29) is 23.5 Å². The van der Waals surface area contributed by atoms with Crippen LogP contribution in [0.2, 0.25) is 0 Å². The van der Waals surface area contributed by atoms with Crippen molar-refractivity contribution in [1.82, 2.24) is 9.80 Å². The summed E-state index contributed by atoms with van der Waals surface area (Å²) in [6.07, 6.45) is 1.33. The molecule has 1 atom stereocenters. The maximum Gasteiger partial charge on any atom is 0.223 e. The van der Waals surface area contributed by atoms with Crippen molar-refractivity contribution in [2.75, 3.05) is 26.2 Å². The Bertz CT molecular complexity index is 563. The molecule has 0 N–H and O–H groups in total. The molecule has 1 saturated heterocycles. The Morgan fingerprint density at radius 3 is 2.08 bits per heavy atom. The van der Waals surface area contributed by atoms with Crippen LogP contribution in [0.4, 0.5) is 4.39 Å². The van der Waals surface area contributed by atoms with E-state index in [1.807, 2.05) is 4.90 Å². The average Bonchev–Trinajstić information content (AvgIpc) is 2.54. The molecule has 0 radical (unpaired) electrons. The average molecular weight is 334 g/mol. The number of halogens is 1. The highest BCUT2D eigenvalue weighted by Gasteiger charge is 2.25. The summed E-state index contributed by atoms with van der Waals surface area (Å²) >= 11 is 0. The number of benzene rings is 1. The molecule has 1 aliphatic heterocycles. The van der Waals surface area contributed by atoms with Crippen molar-refractivity contribution in [3.63, 3.8) is 0 Å². The van der Waals surface area contributed by atoms with Gasteiger partial charge in [0, 0.05) is 39.5 Å². The number of piperazine rings is 1. The van der Waals surface area contributed by atoms with Gasteiger partial charge in [-0.1, -0.05) is 26.0 Å². The van der Waals surface area contributed by atoms with E-state index in [2.05, 4.69) is 13.8 Å². The Morgan fingerprint density at radius 2 is 1.58 bits per heavy atom. The highest BCUT2D eigenvalue weighted by Crippen LogP contribution is 2.28. The normalized spacial score (nSPS) is 16.4. The zero-order chi connectivity index (χ0) is 17.7. The molecular formula is C19H27FN2O2. The molecule has 5 heteroatoms. The van der Waals surface area contributed by atoms with Gasteiger partial charge in [-0.3, -0.25) is 9.59 Å². The topological polar surface area (TPSA) is 40.6 Å². The number of carbonyl (C=O) groups excluding carboxylic acids is 2. The lowest BCUT2D eigenvalue weighted by Crippen LogP contribution is -2.50. The predicted octanol–water partition coefficient (Wildman–Crippen LogP) is 3.04. The van der Waals surface area contributed by atoms with Crippen molar-refractivity contribution in [2.45, 2.75) is 39.5 Å². The van der Waals surface area contributed by atoms with Crippen molar-refractivity contribution in [2.24, 2.45) is 5.92 Å². The Kier molecular flexibility index (Phi) is 6.35. The summed E-state index contributed by atoms with van der Waals surface area (Å²) in [5, 5.41) is 0. The van der Waals surface area contributed by atoms with Crippen LogP contribution in [-0.4, -0.2) is 47.8 Å². The second kappa shape index (κ2) is 8.27. The third kappa shape index (κ3) is 5.05. The lowest BCUT2D eigenvalue weighted by atomic mass is 9.87. The first-order valence-corrected chi connectivity index (χ1v) is 8.65. The number of carbonyl (C=O) groups is 2. The zero-order valence-corrected chi connectivity index (χ0v) is 14.8. The van der Waals surface area contributed by atoms with Crippen LogP contribution in [0.5, 0.6) is 0 Å². The smallest absolute Gasteiger partial charge is 0.223 e. The zero-order valence-electron chi connectivity index (χ0n) is 14.8. The van der Waals surface area contributed by atoms with E-state index in [0.29, 0.717) is 38.5 Å². The first kappa shape index (κ1) is 18.4. The lowest BCUT2D eigenvalue weighted by Gasteiger charge is -2.35. The molecule has 132 valence electrons. The minimum atomic E-state index is -0.256. The van der Waals surface area contributed by atoms with E-state index in [0.717, 1.165) is 12.0 Å². The van der Waals surface area contributed by atoms with Gasteiger partial charge in [0.15, 0.2) is 0 Å². The quantitative estimate of drug-likeness (QED) is 0.830. The molecule has 2 amide bonds. The van der Waals surface area contributed by atoms with Gasteiger partial charge in [0.1, 0.15) is 5.82 Å². The summed E-state index contributed by atoms with van der Waals surface area (Å²) < 4.78 is 13.2. The van der Waals surface area contributed by atoms with E-state index >= 15 is 0 Å². The third-order valence-electron chi connectivity index (χ3n) is 4.60. The molecule has 0 spiro atoms. The molecule has 1 unspecified atom stereocenters. The largest absolute Gasteiger partial charge is 0.339 e. The van der Waals surface area contributed by atoms with Crippen LogP contribution in [0.3, 0.4) is 0 Å². The van der Waals surface area contributed by atoms with Crippen LogP contribution in [-0.2, 0) is 9.59 Å². The molecule has 24 heavy (non-hydrogen) atoms. The Labute approximate surface area is 143 Å². The summed E-state index contributed by atoms with van der Waals surface area (Å²) in [5.41, 5.74) is 1.01. The number of amides is 2. The molecule has 0 saturated carbocycles. The minimum Gasteiger partial charge on any atom is -0.339 e. The van der Waals surface area contributed by atoms with E-state index in [9.17, 15) is 14.0 Å². The number of hydrogen-bond donors (Lipinski definition) is 0. The molecular weight excluding hydrogens is 307 g/mol. The van der Waals surface area contributed by atoms with Gasteiger partial charge in [0.2, 0.25) is 11.8 Å². The molecule has 1 aromatic rings. The van der Waals surface area contributed by atoms with Gasteiger partial charge in [-0.05, 0) is 36.0 Å². The van der Waals surface area contributed by atoms with Gasteiger partial charge in [0.25, 0.3) is 0 Å². The molecule has 1 aromatic carbocycles. The number of nitrogens with zero attached hydrogens (tertiary/aromatic N) is 2. The van der Waals surface area contributed by atoms with E-state index < -0.39 is 0 Å². The summed E-state index contributed by atoms with van der Waals surface area (Å²) in [6, 6.07) is 6.48. The van der Waals surface area contributed by atoms with Crippen molar-refractivity contribution >= 4 is 11.8 Å². The van der Waals surface area contributed by atoms with Crippen LogP contribution in [0, 0.1) is 11.7 Å². The van der Waals surface area contributed by atoms with Crippen LogP contribution in [0.15, 0.2) is 24.3 Å². The lowest BCUT2D eigenvalue weighted by molar-refractivity contribution is -0.138. The van der Waals surface area contributed by atoms with E-state index in [4.69, 9.17) is 0 Å². The molecule has 4 nitrogen and oxygen atoms in total. The fourth-order valence-electron chi connectivity index (χ4n) is 3.25. The minimum absolute atomic E-state index is 0.0612. The number of hydrogen-bond acceptors (Lipinski definition) is 2. The Morgan fingerprint density at radius 1 is 1.04 bits per heavy atom. The molecule has 0 aliphatic carbocycles. The fraction of sp³-hybridized carbons (Fsp3) is 0.579. The van der Waals surface area contributed by atoms with E-state index in [1.165, 1.54) is 12.1 Å². The van der Waals surface area contributed by atoms with Crippen LogP contribution >= 0.6 is 0 Å². The van der Waals surface area contributed by atoms with Gasteiger partial charge in [-0.15, -0.1) is 0 Å². The maximum atomic E-state index is 13.2. The van der Waals surface area contributed by atoms with E-state index in [1.54, 1.807) is 24.0 Å². The predicted molar refractivity (Wildman–Crippen MR) is 92.0 cm³/mol. The molecule has 1 heterocycles. The third-order valence-corrected chi connectivity index (χ3v) is 4.60. The molecule has 2 rings (SSSR count). The number of rotatable bonds is 5. The molecule has 0 aromatic heterocycles. The Balaban J connectivity index is 2.00. The summed E-state index contributed by atoms with van der Waals surface area (Å²) in [4.78, 5) is 27.7. The van der Waals surface area contributed by atoms with Crippen molar-refractivity contribution < 1.29 is 14.0 Å². The SMILES string of the molecule is CC(=O)N1CCN(C(=O)CC(CC(C)C)c2ccc(F)cc2)CC1. The van der Waals surface area contributed by atoms with Crippen LogP contribution < -0.4 is 0 Å². The van der Waals surface area contributed by atoms with Crippen LogP contribution in [0.1, 0.15) is 45.1 Å². The first-order valence-electron chi connectivity index (χ1n) is 8.65. The molecule has 1 aliphatic rings. The summed E-state index contributed by atoms with van der Waals surface area (Å²) in [7, 11) is 0. The maximum absolute atomic E-state index is 13.2. The second-order valence-electron chi connectivity index (χ2n) is 6.97. The first-order chi connectivity index (χ1) is 11.4. The van der Waals surface area contributed by atoms with Crippen molar-refractivity contribution in [1.29, 1.82) is 0 Å². The van der Waals surface area contributed by atoms with Gasteiger partial charge in [-0.2, -0.15) is 0 Å². The standard InChI is InChI=1S/C19H27FN2O2/c1-14(2)12-17(16-4-6-18(20)7-5-16)13-19(24)22-10-8-21(9-11-22)15(3)23/h4-7,14,17H,8-13H2,1-3H3. The monoisotopic (exact) mass is 334 g/mol. The molecule has 1 fully saturated rings. The second-order valence-corrected chi connectivity index (χ2v) is 6.97. The van der Waals surface area contributed by atoms with Gasteiger partial charge >= 0.3 is 0 Å². The van der Waals surface area contributed by atoms with Crippen LogP contribution in [0.25, 0.3) is 0 Å². The van der Waals surface area contributed by atoms with Gasteiger partial charge < -0.3 is 9.80 Å². The molecule has 0 bridgehead atoms. The Hall–Kier alpha value is -1.91. The fourth-order valence-corrected chi connectivity index (χ4v) is 3.25. The highest BCUT2D eigenvalue weighted by atomic mass is 19.1. The summed E-state index contributed by atoms with van der Waals surface area (Å²) in [5.74, 6) is 0.486. The van der Waals surface area contributed by atoms with Crippen molar-refractivity contribution in [3.05, 3.63) is 35.6 Å². The highest BCUT2D eigenvalue weighted by molar-refractivity contribution is 5.78. The summed E-state index contributed by atoms with van der Waals surface area (Å²) in [6.45, 7) is 8.22. The van der Waals surface area contributed by atoms with Gasteiger partial charge in [-0.25, -0.2) is 4.39 Å².